The number of nitrogens with zero attached hydrogens (tertiary/aromatic N) is 1. The summed E-state index contributed by atoms with van der Waals surface area (Å²) in [5.41, 5.74) is 2.35. The average Bonchev–Trinajstić information content (AvgIpc) is 2.48. The summed E-state index contributed by atoms with van der Waals surface area (Å²) in [6.07, 6.45) is 2.77. The smallest absolute Gasteiger partial charge is 0.133 e. The third kappa shape index (κ3) is 4.05. The highest BCUT2D eigenvalue weighted by Gasteiger charge is 2.07. The molecule has 2 rings (SSSR count). The number of rotatable bonds is 6. The van der Waals surface area contributed by atoms with Crippen LogP contribution in [0, 0.1) is 0 Å². The molecule has 1 aromatic heterocycles. The average molecular weight is 335 g/mol. The molecule has 1 unspecified atom stereocenters. The number of nitrogens with one attached hydrogen (secondary N) is 1. The van der Waals surface area contributed by atoms with Crippen LogP contribution in [0.1, 0.15) is 24.2 Å². The Labute approximate surface area is 128 Å². The predicted octanol–water partition coefficient (Wildman–Crippen LogP) is 3.75. The van der Waals surface area contributed by atoms with Crippen LogP contribution in [-0.4, -0.2) is 18.6 Å². The Morgan fingerprint density at radius 2 is 2.15 bits per heavy atom. The first-order valence-electron chi connectivity index (χ1n) is 6.67. The van der Waals surface area contributed by atoms with Gasteiger partial charge in [0.2, 0.25) is 0 Å². The maximum Gasteiger partial charge on any atom is 0.133 e. The summed E-state index contributed by atoms with van der Waals surface area (Å²) >= 11 is 3.52. The molecule has 0 saturated carbocycles. The molecule has 1 aromatic carbocycles. The zero-order chi connectivity index (χ0) is 14.4. The first-order chi connectivity index (χ1) is 9.70. The number of methoxy groups -OCH3 is 1. The molecule has 1 N–H and O–H groups in total. The monoisotopic (exact) mass is 334 g/mol. The molecule has 0 aliphatic carbocycles. The Morgan fingerprint density at radius 3 is 2.80 bits per heavy atom. The minimum absolute atomic E-state index is 0.293. The van der Waals surface area contributed by atoms with Gasteiger partial charge in [0.15, 0.2) is 0 Å². The van der Waals surface area contributed by atoms with E-state index < -0.39 is 0 Å². The summed E-state index contributed by atoms with van der Waals surface area (Å²) in [5, 5.41) is 3.51. The molecule has 0 aliphatic heterocycles. The van der Waals surface area contributed by atoms with Gasteiger partial charge in [-0.25, -0.2) is 0 Å². The van der Waals surface area contributed by atoms with E-state index >= 15 is 0 Å². The van der Waals surface area contributed by atoms with Crippen LogP contribution < -0.4 is 10.1 Å². The Kier molecular flexibility index (Phi) is 5.56. The molecule has 106 valence electrons. The lowest BCUT2D eigenvalue weighted by atomic mass is 10.1. The predicted molar refractivity (Wildman–Crippen MR) is 85.1 cm³/mol. The van der Waals surface area contributed by atoms with Crippen LogP contribution in [-0.2, 0) is 6.42 Å². The number of halogens is 1. The molecule has 1 heterocycles. The molecule has 1 atom stereocenters. The fourth-order valence-corrected chi connectivity index (χ4v) is 2.59. The van der Waals surface area contributed by atoms with Gasteiger partial charge in [0.1, 0.15) is 5.75 Å². The number of pyridine rings is 1. The largest absolute Gasteiger partial charge is 0.496 e. The quantitative estimate of drug-likeness (QED) is 0.873. The van der Waals surface area contributed by atoms with Crippen LogP contribution in [0.4, 0.5) is 0 Å². The Bertz CT molecular complexity index is 545. The number of ether oxygens (including phenoxy) is 1. The molecule has 20 heavy (non-hydrogen) atoms. The highest BCUT2D eigenvalue weighted by atomic mass is 79.9. The molecule has 0 fully saturated rings. The van der Waals surface area contributed by atoms with Crippen molar-refractivity contribution in [3.05, 3.63) is 58.3 Å². The number of hydrogen-bond acceptors (Lipinski definition) is 3. The van der Waals surface area contributed by atoms with Gasteiger partial charge in [-0.1, -0.05) is 12.1 Å². The van der Waals surface area contributed by atoms with E-state index in [4.69, 9.17) is 4.74 Å². The Hall–Kier alpha value is -1.39. The second-order valence-corrected chi connectivity index (χ2v) is 5.50. The third-order valence-electron chi connectivity index (χ3n) is 3.23. The Balaban J connectivity index is 1.88. The maximum atomic E-state index is 5.24. The van der Waals surface area contributed by atoms with Crippen molar-refractivity contribution in [1.82, 2.24) is 10.3 Å². The number of aromatic nitrogens is 1. The van der Waals surface area contributed by atoms with Crippen LogP contribution in [0.15, 0.2) is 47.1 Å². The first-order valence-corrected chi connectivity index (χ1v) is 7.46. The highest BCUT2D eigenvalue weighted by molar-refractivity contribution is 9.10. The molecular weight excluding hydrogens is 316 g/mol. The van der Waals surface area contributed by atoms with E-state index in [1.54, 1.807) is 7.11 Å². The summed E-state index contributed by atoms with van der Waals surface area (Å²) in [6.45, 7) is 3.06. The second kappa shape index (κ2) is 7.41. The zero-order valence-corrected chi connectivity index (χ0v) is 13.4. The van der Waals surface area contributed by atoms with Crippen LogP contribution in [0.5, 0.6) is 5.75 Å². The summed E-state index contributed by atoms with van der Waals surface area (Å²) in [5.74, 6) is 0.856. The molecule has 0 aliphatic rings. The van der Waals surface area contributed by atoms with Crippen molar-refractivity contribution >= 4 is 15.9 Å². The second-order valence-electron chi connectivity index (χ2n) is 4.64. The van der Waals surface area contributed by atoms with E-state index in [0.717, 1.165) is 28.9 Å². The maximum absolute atomic E-state index is 5.24. The standard InChI is InChI=1S/C16H19BrN2O/c1-12(13-6-7-16(20-2)15(17)11-13)18-10-8-14-5-3-4-9-19-14/h3-7,9,11-12,18H,8,10H2,1-2H3. The van der Waals surface area contributed by atoms with Crippen molar-refractivity contribution in [3.63, 3.8) is 0 Å². The first kappa shape index (κ1) is 15.0. The van der Waals surface area contributed by atoms with Gasteiger partial charge in [-0.05, 0) is 52.7 Å². The van der Waals surface area contributed by atoms with Gasteiger partial charge < -0.3 is 10.1 Å². The summed E-state index contributed by atoms with van der Waals surface area (Å²) < 4.78 is 6.23. The molecule has 0 saturated heterocycles. The van der Waals surface area contributed by atoms with Crippen molar-refractivity contribution in [2.45, 2.75) is 19.4 Å². The van der Waals surface area contributed by atoms with Gasteiger partial charge in [-0.15, -0.1) is 0 Å². The summed E-state index contributed by atoms with van der Waals surface area (Å²) in [4.78, 5) is 4.32. The van der Waals surface area contributed by atoms with E-state index in [-0.39, 0.29) is 0 Å². The van der Waals surface area contributed by atoms with E-state index in [9.17, 15) is 0 Å². The SMILES string of the molecule is COc1ccc(C(C)NCCc2ccccn2)cc1Br. The van der Waals surface area contributed by atoms with E-state index in [2.05, 4.69) is 51.4 Å². The molecule has 0 radical (unpaired) electrons. The molecular formula is C16H19BrN2O. The summed E-state index contributed by atoms with van der Waals surface area (Å²) in [7, 11) is 1.67. The zero-order valence-electron chi connectivity index (χ0n) is 11.8. The van der Waals surface area contributed by atoms with Gasteiger partial charge in [0, 0.05) is 30.9 Å². The van der Waals surface area contributed by atoms with E-state index in [1.807, 2.05) is 24.4 Å². The van der Waals surface area contributed by atoms with Crippen molar-refractivity contribution in [2.24, 2.45) is 0 Å². The van der Waals surface area contributed by atoms with E-state index in [0.29, 0.717) is 6.04 Å². The van der Waals surface area contributed by atoms with Crippen LogP contribution in [0.25, 0.3) is 0 Å². The fraction of sp³-hybridized carbons (Fsp3) is 0.312. The minimum Gasteiger partial charge on any atom is -0.496 e. The van der Waals surface area contributed by atoms with Gasteiger partial charge in [-0.3, -0.25) is 4.98 Å². The molecule has 2 aromatic rings. The number of hydrogen-bond donors (Lipinski definition) is 1. The molecule has 0 amide bonds. The van der Waals surface area contributed by atoms with Crippen LogP contribution in [0.3, 0.4) is 0 Å². The van der Waals surface area contributed by atoms with Gasteiger partial charge in [0.25, 0.3) is 0 Å². The van der Waals surface area contributed by atoms with Crippen molar-refractivity contribution in [1.29, 1.82) is 0 Å². The molecule has 3 nitrogen and oxygen atoms in total. The number of benzene rings is 1. The topological polar surface area (TPSA) is 34.1 Å². The fourth-order valence-electron chi connectivity index (χ4n) is 2.03. The lowest BCUT2D eigenvalue weighted by molar-refractivity contribution is 0.411. The lowest BCUT2D eigenvalue weighted by Gasteiger charge is -2.15. The Morgan fingerprint density at radius 1 is 1.30 bits per heavy atom. The van der Waals surface area contributed by atoms with Gasteiger partial charge >= 0.3 is 0 Å². The normalized spacial score (nSPS) is 12.2. The van der Waals surface area contributed by atoms with Crippen molar-refractivity contribution in [2.75, 3.05) is 13.7 Å². The third-order valence-corrected chi connectivity index (χ3v) is 3.85. The lowest BCUT2D eigenvalue weighted by Crippen LogP contribution is -2.21. The van der Waals surface area contributed by atoms with Crippen LogP contribution >= 0.6 is 15.9 Å². The molecule has 0 spiro atoms. The highest BCUT2D eigenvalue weighted by Crippen LogP contribution is 2.27. The summed E-state index contributed by atoms with van der Waals surface area (Å²) in [6, 6.07) is 12.5. The molecule has 0 bridgehead atoms. The van der Waals surface area contributed by atoms with Crippen molar-refractivity contribution in [3.8, 4) is 5.75 Å². The molecule has 4 heteroatoms. The van der Waals surface area contributed by atoms with E-state index in [1.165, 1.54) is 5.56 Å². The van der Waals surface area contributed by atoms with Gasteiger partial charge in [-0.2, -0.15) is 0 Å². The minimum atomic E-state index is 0.293. The van der Waals surface area contributed by atoms with Gasteiger partial charge in [0.05, 0.1) is 11.6 Å². The van der Waals surface area contributed by atoms with Crippen LogP contribution in [0.2, 0.25) is 0 Å². The van der Waals surface area contributed by atoms with Crippen molar-refractivity contribution < 1.29 is 4.74 Å².